The van der Waals surface area contributed by atoms with Crippen LogP contribution in [0.25, 0.3) is 0 Å². The minimum Gasteiger partial charge on any atom is -0.339 e. The molecule has 26 heavy (non-hydrogen) atoms. The minimum atomic E-state index is -0.418. The zero-order valence-corrected chi connectivity index (χ0v) is 14.4. The lowest BCUT2D eigenvalue weighted by molar-refractivity contribution is 0.102. The van der Waals surface area contributed by atoms with E-state index in [1.807, 2.05) is 38.1 Å². The molecule has 0 aliphatic heterocycles. The topological polar surface area (TPSA) is 90.7 Å². The average molecular weight is 343 g/mol. The van der Waals surface area contributed by atoms with Crippen molar-refractivity contribution in [3.05, 3.63) is 77.2 Å². The van der Waals surface area contributed by atoms with Gasteiger partial charge in [-0.1, -0.05) is 24.3 Å². The maximum Gasteiger partial charge on any atom is 0.275 e. The fourth-order valence-electron chi connectivity index (χ4n) is 2.41. The predicted molar refractivity (Wildman–Crippen MR) is 100 cm³/mol. The largest absolute Gasteiger partial charge is 0.339 e. The third kappa shape index (κ3) is 3.68. The summed E-state index contributed by atoms with van der Waals surface area (Å²) < 4.78 is 0. The van der Waals surface area contributed by atoms with E-state index in [9.17, 15) is 4.79 Å². The van der Waals surface area contributed by atoms with Gasteiger partial charge < -0.3 is 10.6 Å². The maximum absolute atomic E-state index is 12.3. The van der Waals surface area contributed by atoms with E-state index in [-0.39, 0.29) is 5.69 Å². The second-order valence-electron chi connectivity index (χ2n) is 5.77. The molecule has 6 heteroatoms. The van der Waals surface area contributed by atoms with E-state index in [0.717, 1.165) is 11.3 Å². The summed E-state index contributed by atoms with van der Waals surface area (Å²) in [4.78, 5) is 20.7. The number of hydrogen-bond donors (Lipinski definition) is 2. The maximum atomic E-state index is 12.3. The van der Waals surface area contributed by atoms with Gasteiger partial charge in [0.05, 0.1) is 23.6 Å². The Hall–Kier alpha value is -3.72. The number of para-hydroxylation sites is 1. The van der Waals surface area contributed by atoms with Gasteiger partial charge in [0.2, 0.25) is 0 Å². The predicted octanol–water partition coefficient (Wildman–Crippen LogP) is 3.96. The monoisotopic (exact) mass is 343 g/mol. The highest BCUT2D eigenvalue weighted by atomic mass is 16.1. The van der Waals surface area contributed by atoms with Crippen molar-refractivity contribution in [2.75, 3.05) is 10.6 Å². The Morgan fingerprint density at radius 3 is 2.50 bits per heavy atom. The number of carbonyl (C=O) groups excluding carboxylic acids is 1. The van der Waals surface area contributed by atoms with Crippen LogP contribution in [0.15, 0.2) is 54.9 Å². The molecule has 6 nitrogen and oxygen atoms in total. The van der Waals surface area contributed by atoms with Crippen LogP contribution in [0, 0.1) is 25.2 Å². The molecule has 0 radical (unpaired) electrons. The van der Waals surface area contributed by atoms with Gasteiger partial charge in [0, 0.05) is 5.69 Å². The molecule has 3 rings (SSSR count). The zero-order chi connectivity index (χ0) is 18.5. The highest BCUT2D eigenvalue weighted by Crippen LogP contribution is 2.21. The molecule has 128 valence electrons. The van der Waals surface area contributed by atoms with Gasteiger partial charge in [-0.05, 0) is 43.2 Å². The first kappa shape index (κ1) is 17.1. The van der Waals surface area contributed by atoms with Crippen molar-refractivity contribution in [2.45, 2.75) is 13.8 Å². The summed E-state index contributed by atoms with van der Waals surface area (Å²) in [5, 5.41) is 15.0. The number of nitriles is 1. The molecular formula is C20H17N5O. The summed E-state index contributed by atoms with van der Waals surface area (Å²) in [7, 11) is 0. The lowest BCUT2D eigenvalue weighted by Gasteiger charge is -2.11. The molecule has 1 heterocycles. The molecule has 0 bridgehead atoms. The smallest absolute Gasteiger partial charge is 0.275 e. The Labute approximate surface area is 151 Å². The van der Waals surface area contributed by atoms with Crippen LogP contribution < -0.4 is 10.6 Å². The van der Waals surface area contributed by atoms with E-state index in [1.54, 1.807) is 24.3 Å². The van der Waals surface area contributed by atoms with Gasteiger partial charge in [-0.3, -0.25) is 4.79 Å². The molecule has 3 aromatic rings. The standard InChI is InChI=1S/C20H17N5O/c1-13-6-5-9-16(14(13)2)24-19-12-22-18(11-23-19)20(26)25-17-8-4-3-7-15(17)10-21/h3-9,11-12H,1-2H3,(H,23,24)(H,25,26). The summed E-state index contributed by atoms with van der Waals surface area (Å²) >= 11 is 0. The molecule has 0 spiro atoms. The highest BCUT2D eigenvalue weighted by molar-refractivity contribution is 6.03. The summed E-state index contributed by atoms with van der Waals surface area (Å²) in [6.07, 6.45) is 2.91. The summed E-state index contributed by atoms with van der Waals surface area (Å²) in [6.45, 7) is 4.07. The molecule has 0 aliphatic rings. The third-order valence-corrected chi connectivity index (χ3v) is 4.05. The van der Waals surface area contributed by atoms with Gasteiger partial charge in [0.15, 0.2) is 0 Å². The molecule has 1 aromatic heterocycles. The number of carbonyl (C=O) groups is 1. The first-order valence-corrected chi connectivity index (χ1v) is 8.04. The van der Waals surface area contributed by atoms with Gasteiger partial charge in [-0.25, -0.2) is 9.97 Å². The van der Waals surface area contributed by atoms with E-state index in [4.69, 9.17) is 5.26 Å². The Morgan fingerprint density at radius 1 is 1.00 bits per heavy atom. The number of rotatable bonds is 4. The van der Waals surface area contributed by atoms with Gasteiger partial charge in [-0.15, -0.1) is 0 Å². The first-order valence-electron chi connectivity index (χ1n) is 8.04. The van der Waals surface area contributed by atoms with E-state index in [2.05, 4.69) is 20.6 Å². The minimum absolute atomic E-state index is 0.171. The average Bonchev–Trinajstić information content (AvgIpc) is 2.66. The summed E-state index contributed by atoms with van der Waals surface area (Å²) in [5.74, 6) is 0.131. The Morgan fingerprint density at radius 2 is 1.77 bits per heavy atom. The zero-order valence-electron chi connectivity index (χ0n) is 14.4. The van der Waals surface area contributed by atoms with E-state index < -0.39 is 5.91 Å². The van der Waals surface area contributed by atoms with Crippen LogP contribution in [0.4, 0.5) is 17.2 Å². The van der Waals surface area contributed by atoms with Crippen molar-refractivity contribution in [3.63, 3.8) is 0 Å². The van der Waals surface area contributed by atoms with E-state index in [1.165, 1.54) is 18.0 Å². The second-order valence-corrected chi connectivity index (χ2v) is 5.77. The molecule has 0 aliphatic carbocycles. The Balaban J connectivity index is 1.74. The molecular weight excluding hydrogens is 326 g/mol. The van der Waals surface area contributed by atoms with Crippen molar-refractivity contribution < 1.29 is 4.79 Å². The van der Waals surface area contributed by atoms with Gasteiger partial charge >= 0.3 is 0 Å². The Bertz CT molecular complexity index is 990. The van der Waals surface area contributed by atoms with Crippen LogP contribution in [-0.2, 0) is 0 Å². The first-order chi connectivity index (χ1) is 12.6. The van der Waals surface area contributed by atoms with Gasteiger partial charge in [0.25, 0.3) is 5.91 Å². The van der Waals surface area contributed by atoms with Crippen LogP contribution in [0.3, 0.4) is 0 Å². The summed E-state index contributed by atoms with van der Waals surface area (Å²) in [6, 6.07) is 14.8. The van der Waals surface area contributed by atoms with E-state index in [0.29, 0.717) is 17.1 Å². The number of amides is 1. The quantitative estimate of drug-likeness (QED) is 0.748. The second kappa shape index (κ2) is 7.45. The lowest BCUT2D eigenvalue weighted by atomic mass is 10.1. The molecule has 0 unspecified atom stereocenters. The lowest BCUT2D eigenvalue weighted by Crippen LogP contribution is -2.15. The number of aryl methyl sites for hydroxylation is 1. The van der Waals surface area contributed by atoms with Crippen molar-refractivity contribution in [3.8, 4) is 6.07 Å². The SMILES string of the molecule is Cc1cccc(Nc2cnc(C(=O)Nc3ccccc3C#N)cn2)c1C. The number of hydrogen-bond acceptors (Lipinski definition) is 5. The molecule has 0 saturated carbocycles. The molecule has 0 saturated heterocycles. The molecule has 2 aromatic carbocycles. The molecule has 0 atom stereocenters. The highest BCUT2D eigenvalue weighted by Gasteiger charge is 2.11. The van der Waals surface area contributed by atoms with Crippen molar-refractivity contribution in [1.82, 2.24) is 9.97 Å². The number of nitrogens with zero attached hydrogens (tertiary/aromatic N) is 3. The third-order valence-electron chi connectivity index (χ3n) is 4.05. The number of aromatic nitrogens is 2. The number of nitrogens with one attached hydrogen (secondary N) is 2. The normalized spacial score (nSPS) is 10.0. The van der Waals surface area contributed by atoms with Crippen LogP contribution in [-0.4, -0.2) is 15.9 Å². The fraction of sp³-hybridized carbons (Fsp3) is 0.100. The van der Waals surface area contributed by atoms with Crippen LogP contribution in [0.5, 0.6) is 0 Å². The fourth-order valence-corrected chi connectivity index (χ4v) is 2.41. The molecule has 1 amide bonds. The van der Waals surface area contributed by atoms with E-state index >= 15 is 0 Å². The van der Waals surface area contributed by atoms with Crippen LogP contribution >= 0.6 is 0 Å². The van der Waals surface area contributed by atoms with Crippen molar-refractivity contribution in [1.29, 1.82) is 5.26 Å². The number of benzene rings is 2. The molecule has 2 N–H and O–H groups in total. The van der Waals surface area contributed by atoms with Gasteiger partial charge in [-0.2, -0.15) is 5.26 Å². The van der Waals surface area contributed by atoms with Crippen LogP contribution in [0.2, 0.25) is 0 Å². The van der Waals surface area contributed by atoms with Crippen molar-refractivity contribution in [2.24, 2.45) is 0 Å². The Kier molecular flexibility index (Phi) is 4.90. The molecule has 0 fully saturated rings. The summed E-state index contributed by atoms with van der Waals surface area (Å²) in [5.41, 5.74) is 4.25. The van der Waals surface area contributed by atoms with Crippen LogP contribution in [0.1, 0.15) is 27.2 Å². The van der Waals surface area contributed by atoms with Crippen molar-refractivity contribution >= 4 is 23.1 Å². The number of anilines is 3. The van der Waals surface area contributed by atoms with Gasteiger partial charge in [0.1, 0.15) is 17.6 Å².